The highest BCUT2D eigenvalue weighted by atomic mass is 16.4. The fraction of sp³-hybridized carbons (Fsp3) is 0.571. The average Bonchev–Trinajstić information content (AvgIpc) is 2.69. The van der Waals surface area contributed by atoms with Crippen molar-refractivity contribution >= 4 is 35.5 Å². The number of nitrogens with two attached hydrogens (primary N) is 1. The normalized spacial score (nSPS) is 12.1. The van der Waals surface area contributed by atoms with E-state index in [1.807, 2.05) is 5.32 Å². The Morgan fingerprint density at radius 3 is 1.66 bits per heavy atom. The molecule has 5 amide bonds. The first-order valence-electron chi connectivity index (χ1n) is 8.18. The number of rotatable bonds is 13. The van der Waals surface area contributed by atoms with Gasteiger partial charge >= 0.3 is 5.97 Å². The fourth-order valence-corrected chi connectivity index (χ4v) is 1.59. The second kappa shape index (κ2) is 13.8. The molecule has 0 aliphatic carbocycles. The topological polar surface area (TPSA) is 249 Å². The summed E-state index contributed by atoms with van der Waals surface area (Å²) in [5.41, 5.74) is 5.22. The van der Waals surface area contributed by atoms with E-state index in [0.29, 0.717) is 0 Å². The molecule has 0 heterocycles. The summed E-state index contributed by atoms with van der Waals surface area (Å²) in [5.74, 6) is -5.33. The van der Waals surface area contributed by atoms with Crippen LogP contribution in [0.2, 0.25) is 0 Å². The van der Waals surface area contributed by atoms with Gasteiger partial charge in [0.15, 0.2) is 0 Å². The van der Waals surface area contributed by atoms with Crippen molar-refractivity contribution in [2.75, 3.05) is 39.4 Å². The summed E-state index contributed by atoms with van der Waals surface area (Å²) >= 11 is 0. The minimum Gasteiger partial charge on any atom is -0.480 e. The van der Waals surface area contributed by atoms with Gasteiger partial charge in [0, 0.05) is 0 Å². The number of aliphatic hydroxyl groups excluding tert-OH is 2. The number of hydrogen-bond acceptors (Lipinski definition) is 9. The Morgan fingerprint density at radius 1 is 0.690 bits per heavy atom. The fourth-order valence-electron chi connectivity index (χ4n) is 1.59. The molecular formula is C14H24N6O9. The number of carbonyl (C=O) groups excluding carboxylic acids is 5. The lowest BCUT2D eigenvalue weighted by molar-refractivity contribution is -0.138. The zero-order valence-corrected chi connectivity index (χ0v) is 15.3. The van der Waals surface area contributed by atoms with E-state index in [2.05, 4.69) is 21.3 Å². The van der Waals surface area contributed by atoms with Gasteiger partial charge in [-0.15, -0.1) is 0 Å². The summed E-state index contributed by atoms with van der Waals surface area (Å²) in [4.78, 5) is 67.9. The van der Waals surface area contributed by atoms with Crippen LogP contribution in [0.4, 0.5) is 0 Å². The monoisotopic (exact) mass is 420 g/mol. The molecular weight excluding hydrogens is 396 g/mol. The number of carbonyl (C=O) groups is 6. The van der Waals surface area contributed by atoms with E-state index >= 15 is 0 Å². The zero-order chi connectivity index (χ0) is 22.4. The van der Waals surface area contributed by atoms with Crippen LogP contribution in [-0.4, -0.2) is 102 Å². The third-order valence-electron chi connectivity index (χ3n) is 3.10. The molecule has 2 atom stereocenters. The van der Waals surface area contributed by atoms with E-state index in [1.165, 1.54) is 0 Å². The molecule has 15 heteroatoms. The maximum atomic E-state index is 11.7. The highest BCUT2D eigenvalue weighted by Gasteiger charge is 2.20. The van der Waals surface area contributed by atoms with Gasteiger partial charge in [-0.2, -0.15) is 0 Å². The SMILES string of the molecule is N[C@@H](CO)C(=O)NCC(=O)NCC(=O)NCC(=O)N[C@@H](CO)C(=O)NCC(=O)O. The van der Waals surface area contributed by atoms with Crippen LogP contribution < -0.4 is 32.3 Å². The third kappa shape index (κ3) is 11.9. The van der Waals surface area contributed by atoms with E-state index in [4.69, 9.17) is 21.1 Å². The van der Waals surface area contributed by atoms with E-state index in [1.54, 1.807) is 0 Å². The van der Waals surface area contributed by atoms with Crippen LogP contribution in [0.25, 0.3) is 0 Å². The number of carboxylic acids is 1. The van der Waals surface area contributed by atoms with Crippen molar-refractivity contribution in [1.82, 2.24) is 26.6 Å². The van der Waals surface area contributed by atoms with Crippen molar-refractivity contribution in [1.29, 1.82) is 0 Å². The quantitative estimate of drug-likeness (QED) is 0.136. The van der Waals surface area contributed by atoms with Gasteiger partial charge in [0.1, 0.15) is 18.6 Å². The summed E-state index contributed by atoms with van der Waals surface area (Å²) < 4.78 is 0. The molecule has 29 heavy (non-hydrogen) atoms. The molecule has 0 aromatic heterocycles. The number of aliphatic carboxylic acids is 1. The van der Waals surface area contributed by atoms with Gasteiger partial charge in [0.2, 0.25) is 29.5 Å². The molecule has 0 aliphatic heterocycles. The molecule has 0 radical (unpaired) electrons. The Balaban J connectivity index is 4.15. The van der Waals surface area contributed by atoms with Crippen molar-refractivity contribution in [3.63, 3.8) is 0 Å². The van der Waals surface area contributed by atoms with Crippen LogP contribution in [0.1, 0.15) is 0 Å². The number of aliphatic hydroxyl groups is 2. The average molecular weight is 420 g/mol. The van der Waals surface area contributed by atoms with E-state index in [0.717, 1.165) is 0 Å². The second-order valence-electron chi connectivity index (χ2n) is 5.47. The molecule has 164 valence electrons. The van der Waals surface area contributed by atoms with Crippen LogP contribution >= 0.6 is 0 Å². The van der Waals surface area contributed by atoms with Crippen molar-refractivity contribution in [2.45, 2.75) is 12.1 Å². The number of hydrogen-bond donors (Lipinski definition) is 9. The Morgan fingerprint density at radius 2 is 1.17 bits per heavy atom. The maximum absolute atomic E-state index is 11.7. The Kier molecular flexibility index (Phi) is 12.2. The number of nitrogens with one attached hydrogen (secondary N) is 5. The van der Waals surface area contributed by atoms with Gasteiger partial charge in [-0.3, -0.25) is 28.8 Å². The predicted molar refractivity (Wildman–Crippen MR) is 93.8 cm³/mol. The van der Waals surface area contributed by atoms with Crippen LogP contribution in [-0.2, 0) is 28.8 Å². The van der Waals surface area contributed by atoms with Gasteiger partial charge in [0.05, 0.1) is 32.8 Å². The molecule has 0 rings (SSSR count). The first-order valence-corrected chi connectivity index (χ1v) is 8.18. The lowest BCUT2D eigenvalue weighted by Crippen LogP contribution is -2.52. The van der Waals surface area contributed by atoms with E-state index in [-0.39, 0.29) is 0 Å². The number of carboxylic acid groups (broad SMARTS) is 1. The molecule has 15 nitrogen and oxygen atoms in total. The molecule has 0 saturated carbocycles. The summed E-state index contributed by atoms with van der Waals surface area (Å²) in [5, 5.41) is 36.7. The molecule has 0 unspecified atom stereocenters. The maximum Gasteiger partial charge on any atom is 0.322 e. The lowest BCUT2D eigenvalue weighted by atomic mass is 10.3. The minimum absolute atomic E-state index is 0.482. The van der Waals surface area contributed by atoms with Gasteiger partial charge in [0.25, 0.3) is 0 Å². The molecule has 0 bridgehead atoms. The minimum atomic E-state index is -1.41. The molecule has 0 saturated heterocycles. The highest BCUT2D eigenvalue weighted by Crippen LogP contribution is 1.84. The van der Waals surface area contributed by atoms with Crippen LogP contribution in [0, 0.1) is 0 Å². The summed E-state index contributed by atoms with van der Waals surface area (Å²) in [6.07, 6.45) is 0. The smallest absolute Gasteiger partial charge is 0.322 e. The number of amides is 5. The van der Waals surface area contributed by atoms with Crippen molar-refractivity contribution in [3.05, 3.63) is 0 Å². The van der Waals surface area contributed by atoms with Crippen LogP contribution in [0.15, 0.2) is 0 Å². The summed E-state index contributed by atoms with van der Waals surface area (Å²) in [6, 6.07) is -2.59. The third-order valence-corrected chi connectivity index (χ3v) is 3.10. The highest BCUT2D eigenvalue weighted by molar-refractivity contribution is 5.92. The molecule has 0 spiro atoms. The molecule has 0 fully saturated rings. The first kappa shape index (κ1) is 25.7. The lowest BCUT2D eigenvalue weighted by Gasteiger charge is -2.15. The van der Waals surface area contributed by atoms with Gasteiger partial charge in [-0.1, -0.05) is 0 Å². The molecule has 10 N–H and O–H groups in total. The predicted octanol–water partition coefficient (Wildman–Crippen LogP) is -6.67. The van der Waals surface area contributed by atoms with Gasteiger partial charge in [-0.05, 0) is 0 Å². The van der Waals surface area contributed by atoms with E-state index in [9.17, 15) is 28.8 Å². The van der Waals surface area contributed by atoms with Crippen molar-refractivity contribution in [3.8, 4) is 0 Å². The molecule has 0 aromatic rings. The van der Waals surface area contributed by atoms with E-state index < -0.39 is 87.0 Å². The van der Waals surface area contributed by atoms with Gasteiger partial charge in [-0.25, -0.2) is 0 Å². The van der Waals surface area contributed by atoms with Crippen molar-refractivity contribution < 1.29 is 44.1 Å². The second-order valence-corrected chi connectivity index (χ2v) is 5.47. The zero-order valence-electron chi connectivity index (χ0n) is 15.3. The first-order chi connectivity index (χ1) is 13.6. The standard InChI is InChI=1S/C14H24N6O9/c15-7(5-21)13(28)18-2-10(24)16-1-9(23)17-3-11(25)20-8(6-22)14(29)19-4-12(26)27/h7-8,21-22H,1-6,15H2,(H,16,24)(H,17,23)(H,18,28)(H,19,29)(H,20,25)(H,26,27)/t7-,8-/m0/s1. The summed E-state index contributed by atoms with van der Waals surface area (Å²) in [6.45, 7) is -3.68. The van der Waals surface area contributed by atoms with Crippen molar-refractivity contribution in [2.24, 2.45) is 5.73 Å². The largest absolute Gasteiger partial charge is 0.480 e. The summed E-state index contributed by atoms with van der Waals surface area (Å²) in [7, 11) is 0. The Bertz CT molecular complexity index is 627. The Labute approximate surface area is 164 Å². The van der Waals surface area contributed by atoms with Gasteiger partial charge < -0.3 is 47.6 Å². The Hall–Kier alpha value is -3.30. The van der Waals surface area contributed by atoms with Crippen LogP contribution in [0.3, 0.4) is 0 Å². The molecule has 0 aromatic carbocycles. The molecule has 0 aliphatic rings. The van der Waals surface area contributed by atoms with Crippen LogP contribution in [0.5, 0.6) is 0 Å².